The first-order valence-corrected chi connectivity index (χ1v) is 6.21. The lowest BCUT2D eigenvalue weighted by atomic mass is 9.98. The highest BCUT2D eigenvalue weighted by Crippen LogP contribution is 2.29. The van der Waals surface area contributed by atoms with E-state index in [0.29, 0.717) is 12.5 Å². The molecule has 17 heavy (non-hydrogen) atoms. The number of hydrogen-bond donors (Lipinski definition) is 2. The predicted octanol–water partition coefficient (Wildman–Crippen LogP) is 2.30. The molecule has 1 aromatic carbocycles. The summed E-state index contributed by atoms with van der Waals surface area (Å²) in [6, 6.07) is 6.59. The Balaban J connectivity index is 2.14. The van der Waals surface area contributed by atoms with E-state index in [1.165, 1.54) is 27.7 Å². The van der Waals surface area contributed by atoms with E-state index in [1.54, 1.807) is 0 Å². The van der Waals surface area contributed by atoms with Crippen molar-refractivity contribution in [1.82, 2.24) is 4.98 Å². The van der Waals surface area contributed by atoms with E-state index < -0.39 is 0 Å². The Morgan fingerprint density at radius 2 is 2.35 bits per heavy atom. The molecule has 3 N–H and O–H groups in total. The second kappa shape index (κ2) is 4.17. The van der Waals surface area contributed by atoms with Crippen molar-refractivity contribution in [2.45, 2.75) is 25.9 Å². The molecule has 0 bridgehead atoms. The smallest absolute Gasteiger partial charge is 0.0740 e. The lowest BCUT2D eigenvalue weighted by molar-refractivity contribution is 0.111. The lowest BCUT2D eigenvalue weighted by Crippen LogP contribution is -2.09. The zero-order valence-electron chi connectivity index (χ0n) is 10.1. The Morgan fingerprint density at radius 3 is 3.18 bits per heavy atom. The van der Waals surface area contributed by atoms with Gasteiger partial charge in [0, 0.05) is 28.6 Å². The van der Waals surface area contributed by atoms with Crippen LogP contribution in [-0.2, 0) is 17.8 Å². The minimum atomic E-state index is 0.412. The number of hydrogen-bond acceptors (Lipinski definition) is 2. The number of aromatic amines is 1. The van der Waals surface area contributed by atoms with Crippen LogP contribution in [0.3, 0.4) is 0 Å². The van der Waals surface area contributed by atoms with Gasteiger partial charge in [0.15, 0.2) is 0 Å². The average molecular weight is 230 g/mol. The molecule has 0 amide bonds. The van der Waals surface area contributed by atoms with E-state index in [1.807, 2.05) is 0 Å². The number of rotatable bonds is 2. The predicted molar refractivity (Wildman–Crippen MR) is 69.1 cm³/mol. The van der Waals surface area contributed by atoms with Crippen molar-refractivity contribution in [3.05, 3.63) is 35.0 Å². The van der Waals surface area contributed by atoms with E-state index >= 15 is 0 Å². The minimum Gasteiger partial charge on any atom is -0.376 e. The van der Waals surface area contributed by atoms with Crippen LogP contribution in [0.2, 0.25) is 0 Å². The number of fused-ring (bicyclic) bond motifs is 3. The minimum absolute atomic E-state index is 0.412. The molecule has 0 saturated heterocycles. The van der Waals surface area contributed by atoms with Gasteiger partial charge in [-0.3, -0.25) is 0 Å². The molecular formula is C14H18N2O. The van der Waals surface area contributed by atoms with E-state index in [4.69, 9.17) is 10.5 Å². The van der Waals surface area contributed by atoms with Gasteiger partial charge in [-0.05, 0) is 30.2 Å². The molecule has 90 valence electrons. The normalized spacial score (nSPS) is 17.1. The van der Waals surface area contributed by atoms with Gasteiger partial charge in [0.25, 0.3) is 0 Å². The molecule has 0 aliphatic carbocycles. The standard InChI is InChI=1S/C14H18N2O/c1-9(7-15)10-2-3-13-11(6-10)12-8-17-5-4-14(12)16-13/h2-3,6,9,16H,4-5,7-8,15H2,1H3. The third-order valence-corrected chi connectivity index (χ3v) is 3.68. The summed E-state index contributed by atoms with van der Waals surface area (Å²) in [6.45, 7) is 4.41. The highest BCUT2D eigenvalue weighted by Gasteiger charge is 2.16. The van der Waals surface area contributed by atoms with Crippen molar-refractivity contribution in [3.63, 3.8) is 0 Å². The zero-order valence-corrected chi connectivity index (χ0v) is 10.1. The van der Waals surface area contributed by atoms with Gasteiger partial charge in [0.05, 0.1) is 13.2 Å². The van der Waals surface area contributed by atoms with Crippen LogP contribution >= 0.6 is 0 Å². The van der Waals surface area contributed by atoms with Gasteiger partial charge in [-0.2, -0.15) is 0 Å². The second-order valence-corrected chi connectivity index (χ2v) is 4.83. The first-order valence-electron chi connectivity index (χ1n) is 6.21. The topological polar surface area (TPSA) is 51.0 Å². The summed E-state index contributed by atoms with van der Waals surface area (Å²) in [6.07, 6.45) is 0.992. The molecule has 3 nitrogen and oxygen atoms in total. The Bertz CT molecular complexity index is 544. The molecule has 3 rings (SSSR count). The molecule has 3 heteroatoms. The fourth-order valence-electron chi connectivity index (χ4n) is 2.49. The van der Waals surface area contributed by atoms with E-state index in [-0.39, 0.29) is 0 Å². The van der Waals surface area contributed by atoms with Crippen LogP contribution in [0.15, 0.2) is 18.2 Å². The van der Waals surface area contributed by atoms with Crippen LogP contribution in [0.1, 0.15) is 29.7 Å². The lowest BCUT2D eigenvalue weighted by Gasteiger charge is -2.12. The van der Waals surface area contributed by atoms with Crippen molar-refractivity contribution in [1.29, 1.82) is 0 Å². The van der Waals surface area contributed by atoms with Gasteiger partial charge in [-0.15, -0.1) is 0 Å². The molecule has 0 spiro atoms. The molecular weight excluding hydrogens is 212 g/mol. The maximum Gasteiger partial charge on any atom is 0.0740 e. The van der Waals surface area contributed by atoms with Gasteiger partial charge in [0.2, 0.25) is 0 Å². The third kappa shape index (κ3) is 1.75. The molecule has 0 saturated carbocycles. The van der Waals surface area contributed by atoms with Crippen LogP contribution in [0.25, 0.3) is 10.9 Å². The maximum absolute atomic E-state index is 5.73. The first-order chi connectivity index (χ1) is 8.29. The van der Waals surface area contributed by atoms with Crippen LogP contribution in [-0.4, -0.2) is 18.1 Å². The van der Waals surface area contributed by atoms with E-state index in [9.17, 15) is 0 Å². The van der Waals surface area contributed by atoms with Crippen LogP contribution in [0.4, 0.5) is 0 Å². The molecule has 1 aliphatic rings. The number of aromatic nitrogens is 1. The molecule has 2 aromatic rings. The van der Waals surface area contributed by atoms with Gasteiger partial charge in [-0.25, -0.2) is 0 Å². The Hall–Kier alpha value is -1.32. The number of nitrogens with two attached hydrogens (primary N) is 1. The molecule has 1 aliphatic heterocycles. The summed E-state index contributed by atoms with van der Waals surface area (Å²) in [5, 5.41) is 1.30. The average Bonchev–Trinajstić information content (AvgIpc) is 2.75. The maximum atomic E-state index is 5.73. The summed E-state index contributed by atoms with van der Waals surface area (Å²) < 4.78 is 5.54. The molecule has 1 atom stereocenters. The van der Waals surface area contributed by atoms with E-state index in [0.717, 1.165) is 19.6 Å². The van der Waals surface area contributed by atoms with Crippen molar-refractivity contribution in [3.8, 4) is 0 Å². The highest BCUT2D eigenvalue weighted by atomic mass is 16.5. The molecule has 0 fully saturated rings. The van der Waals surface area contributed by atoms with Gasteiger partial charge >= 0.3 is 0 Å². The number of ether oxygens (including phenoxy) is 1. The Kier molecular flexibility index (Phi) is 2.65. The van der Waals surface area contributed by atoms with Crippen molar-refractivity contribution in [2.24, 2.45) is 5.73 Å². The van der Waals surface area contributed by atoms with Gasteiger partial charge < -0.3 is 15.5 Å². The fourth-order valence-corrected chi connectivity index (χ4v) is 2.49. The monoisotopic (exact) mass is 230 g/mol. The third-order valence-electron chi connectivity index (χ3n) is 3.68. The quantitative estimate of drug-likeness (QED) is 0.831. The Morgan fingerprint density at radius 1 is 1.47 bits per heavy atom. The largest absolute Gasteiger partial charge is 0.376 e. The molecule has 1 aromatic heterocycles. The van der Waals surface area contributed by atoms with Gasteiger partial charge in [0.1, 0.15) is 0 Å². The first kappa shape index (κ1) is 10.8. The van der Waals surface area contributed by atoms with Crippen molar-refractivity contribution in [2.75, 3.05) is 13.2 Å². The SMILES string of the molecule is CC(CN)c1ccc2[nH]c3c(c2c1)COCC3. The highest BCUT2D eigenvalue weighted by molar-refractivity contribution is 5.85. The van der Waals surface area contributed by atoms with Crippen molar-refractivity contribution < 1.29 is 4.74 Å². The van der Waals surface area contributed by atoms with Crippen LogP contribution < -0.4 is 5.73 Å². The summed E-state index contributed by atoms with van der Waals surface area (Å²) in [7, 11) is 0. The van der Waals surface area contributed by atoms with Gasteiger partial charge in [-0.1, -0.05) is 13.0 Å². The summed E-state index contributed by atoms with van der Waals surface area (Å²) in [5.41, 5.74) is 10.9. The summed E-state index contributed by atoms with van der Waals surface area (Å²) in [4.78, 5) is 3.49. The van der Waals surface area contributed by atoms with E-state index in [2.05, 4.69) is 30.1 Å². The second-order valence-electron chi connectivity index (χ2n) is 4.83. The fraction of sp³-hybridized carbons (Fsp3) is 0.429. The van der Waals surface area contributed by atoms with Crippen LogP contribution in [0.5, 0.6) is 0 Å². The Labute approximate surface area is 101 Å². The number of H-pyrrole nitrogens is 1. The van der Waals surface area contributed by atoms with Crippen LogP contribution in [0, 0.1) is 0 Å². The number of benzene rings is 1. The zero-order chi connectivity index (χ0) is 11.8. The number of nitrogens with one attached hydrogen (secondary N) is 1. The van der Waals surface area contributed by atoms with Crippen molar-refractivity contribution >= 4 is 10.9 Å². The molecule has 2 heterocycles. The summed E-state index contributed by atoms with van der Waals surface area (Å²) in [5.74, 6) is 0.412. The molecule has 0 radical (unpaired) electrons. The summed E-state index contributed by atoms with van der Waals surface area (Å²) >= 11 is 0. The molecule has 1 unspecified atom stereocenters.